The number of aromatic nitrogens is 4. The number of anilines is 1. The summed E-state index contributed by atoms with van der Waals surface area (Å²) in [6.07, 6.45) is 8.37. The van der Waals surface area contributed by atoms with E-state index in [0.29, 0.717) is 34.6 Å². The van der Waals surface area contributed by atoms with Gasteiger partial charge in [-0.25, -0.2) is 14.4 Å². The van der Waals surface area contributed by atoms with Gasteiger partial charge in [-0.05, 0) is 73.5 Å². The van der Waals surface area contributed by atoms with Crippen LogP contribution in [0.5, 0.6) is 0 Å². The number of nitrogens with zero attached hydrogens (tertiary/aromatic N) is 4. The van der Waals surface area contributed by atoms with Crippen molar-refractivity contribution in [2.24, 2.45) is 5.92 Å². The number of imide groups is 1. The first-order valence-electron chi connectivity index (χ1n) is 12.8. The van der Waals surface area contributed by atoms with Crippen LogP contribution in [0.15, 0.2) is 59.9 Å². The summed E-state index contributed by atoms with van der Waals surface area (Å²) in [5, 5.41) is 6.39. The summed E-state index contributed by atoms with van der Waals surface area (Å²) in [6.45, 7) is 2.82. The Morgan fingerprint density at radius 1 is 1.13 bits per heavy atom. The van der Waals surface area contributed by atoms with Crippen LogP contribution in [0, 0.1) is 11.7 Å². The van der Waals surface area contributed by atoms with E-state index < -0.39 is 5.91 Å². The van der Waals surface area contributed by atoms with E-state index in [1.165, 1.54) is 6.20 Å². The van der Waals surface area contributed by atoms with Gasteiger partial charge in [0.05, 0.1) is 22.5 Å². The van der Waals surface area contributed by atoms with Gasteiger partial charge in [0.25, 0.3) is 11.1 Å². The highest BCUT2D eigenvalue weighted by Gasteiger charge is 2.26. The molecule has 3 aromatic heterocycles. The minimum atomic E-state index is -0.403. The molecule has 0 atom stereocenters. The van der Waals surface area contributed by atoms with Crippen molar-refractivity contribution in [3.8, 4) is 11.3 Å². The van der Waals surface area contributed by atoms with Gasteiger partial charge in [0.1, 0.15) is 5.82 Å². The standard InChI is InChI=1S/C28H26FN7O2S/c29-22-16-33-24(18-1-2-23-19(11-18)3-7-31-23)12-20(22)15-30-14-17-5-9-36(10-6-17)27-32-8-4-21(34-27)13-25-26(37)35-28(38)39-25/h1-4,7-8,11-13,16-17,30-31H,5-6,9-10,14-15H2,(H,35,37,38). The number of rotatable bonds is 7. The van der Waals surface area contributed by atoms with Crippen LogP contribution in [0.1, 0.15) is 24.1 Å². The number of nitrogens with one attached hydrogen (secondary N) is 3. The highest BCUT2D eigenvalue weighted by atomic mass is 32.2. The molecule has 39 heavy (non-hydrogen) atoms. The molecule has 6 rings (SSSR count). The fourth-order valence-electron chi connectivity index (χ4n) is 4.88. The van der Waals surface area contributed by atoms with Crippen LogP contribution in [-0.2, 0) is 11.3 Å². The largest absolute Gasteiger partial charge is 0.361 e. The van der Waals surface area contributed by atoms with E-state index in [0.717, 1.165) is 66.4 Å². The van der Waals surface area contributed by atoms with Crippen molar-refractivity contribution in [3.05, 3.63) is 77.0 Å². The Morgan fingerprint density at radius 2 is 2.00 bits per heavy atom. The number of carbonyl (C=O) groups is 2. The highest BCUT2D eigenvalue weighted by molar-refractivity contribution is 8.18. The molecular formula is C28H26FN7O2S. The van der Waals surface area contributed by atoms with Crippen molar-refractivity contribution >= 4 is 45.8 Å². The van der Waals surface area contributed by atoms with E-state index in [1.54, 1.807) is 18.3 Å². The lowest BCUT2D eigenvalue weighted by atomic mass is 9.97. The summed E-state index contributed by atoms with van der Waals surface area (Å²) in [4.78, 5) is 42.1. The average Bonchev–Trinajstić information content (AvgIpc) is 3.55. The molecular weight excluding hydrogens is 517 g/mol. The first kappa shape index (κ1) is 25.2. The lowest BCUT2D eigenvalue weighted by Crippen LogP contribution is -2.38. The van der Waals surface area contributed by atoms with Crippen LogP contribution in [-0.4, -0.2) is 50.7 Å². The molecule has 2 aliphatic rings. The lowest BCUT2D eigenvalue weighted by Gasteiger charge is -2.32. The Hall–Kier alpha value is -4.09. The van der Waals surface area contributed by atoms with Crippen molar-refractivity contribution in [2.45, 2.75) is 19.4 Å². The molecule has 11 heteroatoms. The Kier molecular flexibility index (Phi) is 7.08. The molecule has 2 aliphatic heterocycles. The molecule has 198 valence electrons. The molecule has 0 aliphatic carbocycles. The number of H-pyrrole nitrogens is 1. The maximum absolute atomic E-state index is 14.5. The van der Waals surface area contributed by atoms with Gasteiger partial charge in [-0.1, -0.05) is 6.07 Å². The van der Waals surface area contributed by atoms with Crippen molar-refractivity contribution in [1.82, 2.24) is 30.6 Å². The average molecular weight is 544 g/mol. The number of hydrogen-bond acceptors (Lipinski definition) is 8. The van der Waals surface area contributed by atoms with Crippen LogP contribution >= 0.6 is 11.8 Å². The normalized spacial score (nSPS) is 17.4. The summed E-state index contributed by atoms with van der Waals surface area (Å²) in [5.41, 5.74) is 3.95. The Bertz CT molecular complexity index is 1580. The Labute approximate surface area is 228 Å². The number of pyridine rings is 1. The Balaban J connectivity index is 1.03. The predicted molar refractivity (Wildman–Crippen MR) is 149 cm³/mol. The number of thioether (sulfide) groups is 1. The van der Waals surface area contributed by atoms with E-state index in [2.05, 4.69) is 41.5 Å². The summed E-state index contributed by atoms with van der Waals surface area (Å²) < 4.78 is 14.5. The first-order chi connectivity index (χ1) is 19.0. The maximum Gasteiger partial charge on any atom is 0.290 e. The topological polar surface area (TPSA) is 116 Å². The SMILES string of the molecule is O=C1NC(=O)C(=Cc2ccnc(N3CCC(CNCc4cc(-c5ccc6[nH]ccc6c5)ncc4F)CC3)n2)S1. The van der Waals surface area contributed by atoms with Crippen molar-refractivity contribution in [3.63, 3.8) is 0 Å². The monoisotopic (exact) mass is 543 g/mol. The quantitative estimate of drug-likeness (QED) is 0.292. The number of benzene rings is 1. The van der Waals surface area contributed by atoms with Gasteiger partial charge < -0.3 is 15.2 Å². The number of fused-ring (bicyclic) bond motifs is 1. The van der Waals surface area contributed by atoms with Crippen LogP contribution in [0.25, 0.3) is 28.2 Å². The second-order valence-corrected chi connectivity index (χ2v) is 10.7. The molecule has 2 saturated heterocycles. The minimum absolute atomic E-state index is 0.311. The highest BCUT2D eigenvalue weighted by Crippen LogP contribution is 2.27. The fraction of sp³-hybridized carbons (Fsp3) is 0.250. The van der Waals surface area contributed by atoms with Crippen LogP contribution < -0.4 is 15.5 Å². The van der Waals surface area contributed by atoms with E-state index >= 15 is 0 Å². The third-order valence-corrected chi connectivity index (χ3v) is 7.83. The van der Waals surface area contributed by atoms with Gasteiger partial charge in [-0.2, -0.15) is 0 Å². The first-order valence-corrected chi connectivity index (χ1v) is 13.6. The zero-order valence-electron chi connectivity index (χ0n) is 21.0. The number of carbonyl (C=O) groups excluding carboxylic acids is 2. The molecule has 0 saturated carbocycles. The number of piperidine rings is 1. The summed E-state index contributed by atoms with van der Waals surface area (Å²) >= 11 is 0.870. The van der Waals surface area contributed by atoms with Gasteiger partial charge in [-0.3, -0.25) is 19.9 Å². The number of aromatic amines is 1. The fourth-order valence-corrected chi connectivity index (χ4v) is 5.55. The molecule has 0 bridgehead atoms. The van der Waals surface area contributed by atoms with Crippen molar-refractivity contribution in [1.29, 1.82) is 0 Å². The molecule has 1 aromatic carbocycles. The van der Waals surface area contributed by atoms with Gasteiger partial charge >= 0.3 is 0 Å². The lowest BCUT2D eigenvalue weighted by molar-refractivity contribution is -0.115. The molecule has 4 aromatic rings. The summed E-state index contributed by atoms with van der Waals surface area (Å²) in [6, 6.07) is 11.6. The smallest absolute Gasteiger partial charge is 0.290 e. The molecule has 0 spiro atoms. The van der Waals surface area contributed by atoms with Gasteiger partial charge in [0.15, 0.2) is 0 Å². The van der Waals surface area contributed by atoms with E-state index in [1.807, 2.05) is 30.5 Å². The number of amides is 2. The zero-order valence-corrected chi connectivity index (χ0v) is 21.8. The number of halogens is 1. The maximum atomic E-state index is 14.5. The van der Waals surface area contributed by atoms with Crippen molar-refractivity contribution < 1.29 is 14.0 Å². The third kappa shape index (κ3) is 5.69. The van der Waals surface area contributed by atoms with Gasteiger partial charge in [0.2, 0.25) is 5.95 Å². The molecule has 0 unspecified atom stereocenters. The van der Waals surface area contributed by atoms with Crippen molar-refractivity contribution in [2.75, 3.05) is 24.5 Å². The molecule has 2 fully saturated rings. The summed E-state index contributed by atoms with van der Waals surface area (Å²) in [7, 11) is 0. The molecule has 0 radical (unpaired) electrons. The molecule has 3 N–H and O–H groups in total. The summed E-state index contributed by atoms with van der Waals surface area (Å²) in [5.74, 6) is 0.347. The predicted octanol–water partition coefficient (Wildman–Crippen LogP) is 4.49. The number of hydrogen-bond donors (Lipinski definition) is 3. The van der Waals surface area contributed by atoms with Crippen LogP contribution in [0.4, 0.5) is 15.1 Å². The van der Waals surface area contributed by atoms with E-state index in [-0.39, 0.29) is 11.1 Å². The molecule has 9 nitrogen and oxygen atoms in total. The Morgan fingerprint density at radius 3 is 2.82 bits per heavy atom. The van der Waals surface area contributed by atoms with E-state index in [9.17, 15) is 14.0 Å². The molecule has 5 heterocycles. The van der Waals surface area contributed by atoms with Gasteiger partial charge in [0, 0.05) is 54.1 Å². The van der Waals surface area contributed by atoms with Crippen LogP contribution in [0.3, 0.4) is 0 Å². The second-order valence-electron chi connectivity index (χ2n) is 9.64. The third-order valence-electron chi connectivity index (χ3n) is 7.02. The van der Waals surface area contributed by atoms with Gasteiger partial charge in [-0.15, -0.1) is 0 Å². The minimum Gasteiger partial charge on any atom is -0.361 e. The molecule has 2 amide bonds. The van der Waals surface area contributed by atoms with E-state index in [4.69, 9.17) is 0 Å². The zero-order chi connectivity index (χ0) is 26.8. The van der Waals surface area contributed by atoms with Crippen LogP contribution in [0.2, 0.25) is 0 Å². The second kappa shape index (κ2) is 11.0.